The van der Waals surface area contributed by atoms with Crippen LogP contribution in [-0.2, 0) is 9.47 Å². The van der Waals surface area contributed by atoms with Gasteiger partial charge >= 0.3 is 0 Å². The highest BCUT2D eigenvalue weighted by Crippen LogP contribution is 2.26. The van der Waals surface area contributed by atoms with Crippen molar-refractivity contribution >= 4 is 0 Å². The lowest BCUT2D eigenvalue weighted by Gasteiger charge is -2.21. The van der Waals surface area contributed by atoms with Crippen molar-refractivity contribution in [1.29, 1.82) is 0 Å². The van der Waals surface area contributed by atoms with E-state index in [1.807, 2.05) is 0 Å². The van der Waals surface area contributed by atoms with Crippen molar-refractivity contribution in [2.24, 2.45) is 0 Å². The minimum absolute atomic E-state index is 0.0996. The fourth-order valence-corrected chi connectivity index (χ4v) is 1.90. The molecule has 1 atom stereocenters. The SMILES string of the molecule is CCCNC(COCCOC)c1cc(F)ccc1OC. The van der Waals surface area contributed by atoms with Crippen LogP contribution in [0.15, 0.2) is 18.2 Å². The average Bonchev–Trinajstić information content (AvgIpc) is 2.46. The van der Waals surface area contributed by atoms with Gasteiger partial charge in [0, 0.05) is 12.7 Å². The first-order chi connectivity index (χ1) is 9.72. The van der Waals surface area contributed by atoms with Crippen LogP contribution in [0.4, 0.5) is 4.39 Å². The Morgan fingerprint density at radius 2 is 2.05 bits per heavy atom. The molecular formula is C15H24FNO3. The number of hydrogen-bond donors (Lipinski definition) is 1. The minimum Gasteiger partial charge on any atom is -0.496 e. The number of methoxy groups -OCH3 is 2. The van der Waals surface area contributed by atoms with Crippen molar-refractivity contribution in [3.8, 4) is 5.75 Å². The standard InChI is InChI=1S/C15H24FNO3/c1-4-7-17-14(11-20-9-8-18-2)13-10-12(16)5-6-15(13)19-3/h5-6,10,14,17H,4,7-9,11H2,1-3H3. The number of rotatable bonds is 10. The lowest BCUT2D eigenvalue weighted by molar-refractivity contribution is 0.0582. The van der Waals surface area contributed by atoms with Crippen LogP contribution >= 0.6 is 0 Å². The Balaban J connectivity index is 2.77. The summed E-state index contributed by atoms with van der Waals surface area (Å²) in [6.45, 7) is 4.42. The van der Waals surface area contributed by atoms with Crippen molar-refractivity contribution in [3.63, 3.8) is 0 Å². The van der Waals surface area contributed by atoms with Crippen molar-refractivity contribution < 1.29 is 18.6 Å². The molecule has 20 heavy (non-hydrogen) atoms. The monoisotopic (exact) mass is 285 g/mol. The smallest absolute Gasteiger partial charge is 0.123 e. The maximum absolute atomic E-state index is 13.5. The van der Waals surface area contributed by atoms with E-state index in [0.717, 1.165) is 18.5 Å². The summed E-state index contributed by atoms with van der Waals surface area (Å²) in [5.74, 6) is 0.385. The highest BCUT2D eigenvalue weighted by Gasteiger charge is 2.16. The number of benzene rings is 1. The van der Waals surface area contributed by atoms with Crippen LogP contribution < -0.4 is 10.1 Å². The van der Waals surface area contributed by atoms with Crippen LogP contribution in [0, 0.1) is 5.82 Å². The van der Waals surface area contributed by atoms with Gasteiger partial charge in [0.25, 0.3) is 0 Å². The number of hydrogen-bond acceptors (Lipinski definition) is 4. The van der Waals surface area contributed by atoms with E-state index in [1.165, 1.54) is 12.1 Å². The molecule has 1 rings (SSSR count). The normalized spacial score (nSPS) is 12.4. The van der Waals surface area contributed by atoms with Crippen molar-refractivity contribution in [1.82, 2.24) is 5.32 Å². The summed E-state index contributed by atoms with van der Waals surface area (Å²) in [5, 5.41) is 3.35. The number of nitrogens with one attached hydrogen (secondary N) is 1. The summed E-state index contributed by atoms with van der Waals surface area (Å²) < 4.78 is 29.3. The van der Waals surface area contributed by atoms with Gasteiger partial charge in [-0.3, -0.25) is 0 Å². The zero-order valence-corrected chi connectivity index (χ0v) is 12.4. The summed E-state index contributed by atoms with van der Waals surface area (Å²) in [7, 11) is 3.21. The maximum atomic E-state index is 13.5. The molecule has 0 radical (unpaired) electrons. The van der Waals surface area contributed by atoms with E-state index < -0.39 is 0 Å². The molecule has 0 aliphatic rings. The molecule has 0 aliphatic heterocycles. The van der Waals surface area contributed by atoms with Crippen LogP contribution in [-0.4, -0.2) is 40.6 Å². The Morgan fingerprint density at radius 1 is 1.25 bits per heavy atom. The van der Waals surface area contributed by atoms with Gasteiger partial charge in [0.2, 0.25) is 0 Å². The third-order valence-corrected chi connectivity index (χ3v) is 2.92. The summed E-state index contributed by atoms with van der Waals surface area (Å²) in [5.41, 5.74) is 0.776. The van der Waals surface area contributed by atoms with Gasteiger partial charge in [-0.25, -0.2) is 4.39 Å². The zero-order valence-electron chi connectivity index (χ0n) is 12.4. The second-order valence-corrected chi connectivity index (χ2v) is 4.46. The quantitative estimate of drug-likeness (QED) is 0.671. The Morgan fingerprint density at radius 3 is 2.70 bits per heavy atom. The summed E-state index contributed by atoms with van der Waals surface area (Å²) in [6.07, 6.45) is 0.992. The fourth-order valence-electron chi connectivity index (χ4n) is 1.90. The van der Waals surface area contributed by atoms with E-state index in [9.17, 15) is 4.39 Å². The molecular weight excluding hydrogens is 261 g/mol. The largest absolute Gasteiger partial charge is 0.496 e. The third kappa shape index (κ3) is 5.45. The van der Waals surface area contributed by atoms with Gasteiger partial charge in [-0.15, -0.1) is 0 Å². The molecule has 0 aliphatic carbocycles. The van der Waals surface area contributed by atoms with E-state index in [0.29, 0.717) is 25.6 Å². The molecule has 1 aromatic carbocycles. The second-order valence-electron chi connectivity index (χ2n) is 4.46. The van der Waals surface area contributed by atoms with E-state index in [2.05, 4.69) is 12.2 Å². The first kappa shape index (κ1) is 16.9. The van der Waals surface area contributed by atoms with Gasteiger partial charge < -0.3 is 19.5 Å². The van der Waals surface area contributed by atoms with E-state index in [4.69, 9.17) is 14.2 Å². The fraction of sp³-hybridized carbons (Fsp3) is 0.600. The number of halogens is 1. The molecule has 0 saturated carbocycles. The van der Waals surface area contributed by atoms with Crippen LogP contribution in [0.25, 0.3) is 0 Å². The highest BCUT2D eigenvalue weighted by molar-refractivity contribution is 5.36. The molecule has 1 unspecified atom stereocenters. The minimum atomic E-state index is -0.277. The molecule has 5 heteroatoms. The summed E-state index contributed by atoms with van der Waals surface area (Å²) in [6, 6.07) is 4.43. The molecule has 0 amide bonds. The molecule has 0 saturated heterocycles. The molecule has 0 spiro atoms. The molecule has 0 fully saturated rings. The average molecular weight is 285 g/mol. The predicted octanol–water partition coefficient (Wildman–Crippen LogP) is 2.54. The first-order valence-corrected chi connectivity index (χ1v) is 6.86. The second kappa shape index (κ2) is 9.69. The Bertz CT molecular complexity index is 387. The predicted molar refractivity (Wildman–Crippen MR) is 76.7 cm³/mol. The van der Waals surface area contributed by atoms with E-state index >= 15 is 0 Å². The summed E-state index contributed by atoms with van der Waals surface area (Å²) in [4.78, 5) is 0. The third-order valence-electron chi connectivity index (χ3n) is 2.92. The van der Waals surface area contributed by atoms with Gasteiger partial charge in [0.05, 0.1) is 33.0 Å². The van der Waals surface area contributed by atoms with Gasteiger partial charge in [0.15, 0.2) is 0 Å². The van der Waals surface area contributed by atoms with Crippen LogP contribution in [0.1, 0.15) is 24.9 Å². The van der Waals surface area contributed by atoms with Gasteiger partial charge in [0.1, 0.15) is 11.6 Å². The van der Waals surface area contributed by atoms with E-state index in [-0.39, 0.29) is 11.9 Å². The van der Waals surface area contributed by atoms with Gasteiger partial charge in [-0.2, -0.15) is 0 Å². The van der Waals surface area contributed by atoms with Gasteiger partial charge in [-0.1, -0.05) is 6.92 Å². The van der Waals surface area contributed by atoms with Crippen LogP contribution in [0.3, 0.4) is 0 Å². The lowest BCUT2D eigenvalue weighted by atomic mass is 10.1. The van der Waals surface area contributed by atoms with Crippen LogP contribution in [0.5, 0.6) is 5.75 Å². The lowest BCUT2D eigenvalue weighted by Crippen LogP contribution is -2.27. The summed E-state index contributed by atoms with van der Waals surface area (Å²) >= 11 is 0. The molecule has 1 aromatic rings. The highest BCUT2D eigenvalue weighted by atomic mass is 19.1. The van der Waals surface area contributed by atoms with Crippen molar-refractivity contribution in [2.45, 2.75) is 19.4 Å². The van der Waals surface area contributed by atoms with Crippen LogP contribution in [0.2, 0.25) is 0 Å². The maximum Gasteiger partial charge on any atom is 0.123 e. The Hall–Kier alpha value is -1.17. The van der Waals surface area contributed by atoms with Crippen molar-refractivity contribution in [3.05, 3.63) is 29.6 Å². The Kier molecular flexibility index (Phi) is 8.18. The molecule has 1 N–H and O–H groups in total. The topological polar surface area (TPSA) is 39.7 Å². The van der Waals surface area contributed by atoms with Crippen molar-refractivity contribution in [2.75, 3.05) is 40.6 Å². The first-order valence-electron chi connectivity index (χ1n) is 6.86. The zero-order chi connectivity index (χ0) is 14.8. The molecule has 0 aromatic heterocycles. The Labute approximate surface area is 120 Å². The molecule has 0 heterocycles. The molecule has 0 bridgehead atoms. The molecule has 114 valence electrons. The van der Waals surface area contributed by atoms with Gasteiger partial charge in [-0.05, 0) is 31.2 Å². The van der Waals surface area contributed by atoms with E-state index in [1.54, 1.807) is 20.3 Å². The number of ether oxygens (including phenoxy) is 3. The molecule has 4 nitrogen and oxygen atoms in total.